The zero-order valence-electron chi connectivity index (χ0n) is 14.3. The van der Waals surface area contributed by atoms with Crippen molar-refractivity contribution in [3.8, 4) is 0 Å². The Bertz CT molecular complexity index is 628. The van der Waals surface area contributed by atoms with Gasteiger partial charge in [0.25, 0.3) is 5.91 Å². The fourth-order valence-corrected chi connectivity index (χ4v) is 2.20. The summed E-state index contributed by atoms with van der Waals surface area (Å²) in [4.78, 5) is 25.7. The van der Waals surface area contributed by atoms with Crippen molar-refractivity contribution in [1.29, 1.82) is 0 Å². The molecule has 1 atom stereocenters. The monoisotopic (exact) mass is 316 g/mol. The Kier molecular flexibility index (Phi) is 6.72. The molecule has 2 N–H and O–H groups in total. The first kappa shape index (κ1) is 18.6. The number of benzene rings is 1. The first-order valence-electron chi connectivity index (χ1n) is 7.39. The van der Waals surface area contributed by atoms with E-state index in [0.717, 1.165) is 11.3 Å². The van der Waals surface area contributed by atoms with E-state index in [4.69, 9.17) is 5.21 Å². The molecule has 0 fully saturated rings. The maximum absolute atomic E-state index is 12.4. The average Bonchev–Trinajstić information content (AvgIpc) is 2.52. The van der Waals surface area contributed by atoms with Crippen LogP contribution in [0.15, 0.2) is 47.6 Å². The van der Waals surface area contributed by atoms with Crippen LogP contribution in [-0.4, -0.2) is 31.0 Å². The molecular formula is C18H24N2O3. The van der Waals surface area contributed by atoms with Crippen LogP contribution in [0, 0.1) is 5.92 Å². The second-order valence-corrected chi connectivity index (χ2v) is 5.77. The minimum absolute atomic E-state index is 0.0207. The Hall–Kier alpha value is -2.40. The van der Waals surface area contributed by atoms with Gasteiger partial charge in [0.2, 0.25) is 0 Å². The van der Waals surface area contributed by atoms with Crippen LogP contribution in [0.1, 0.15) is 31.1 Å². The Morgan fingerprint density at radius 2 is 1.74 bits per heavy atom. The zero-order valence-corrected chi connectivity index (χ0v) is 14.3. The van der Waals surface area contributed by atoms with E-state index in [-0.39, 0.29) is 11.7 Å². The normalized spacial score (nSPS) is 13.5. The number of carbonyl (C=O) groups excluding carboxylic acids is 2. The van der Waals surface area contributed by atoms with Crippen molar-refractivity contribution in [2.75, 3.05) is 19.0 Å². The summed E-state index contributed by atoms with van der Waals surface area (Å²) in [5.74, 6) is -0.843. The van der Waals surface area contributed by atoms with E-state index in [1.165, 1.54) is 0 Å². The van der Waals surface area contributed by atoms with E-state index in [9.17, 15) is 9.59 Å². The summed E-state index contributed by atoms with van der Waals surface area (Å²) in [5.41, 5.74) is 4.43. The van der Waals surface area contributed by atoms with Crippen LogP contribution < -0.4 is 10.4 Å². The van der Waals surface area contributed by atoms with Gasteiger partial charge >= 0.3 is 0 Å². The number of carbonyl (C=O) groups is 2. The molecule has 0 saturated carbocycles. The molecule has 5 heteroatoms. The van der Waals surface area contributed by atoms with E-state index in [1.54, 1.807) is 24.6 Å². The van der Waals surface area contributed by atoms with Crippen LogP contribution in [-0.2, 0) is 4.79 Å². The van der Waals surface area contributed by atoms with Gasteiger partial charge in [0.1, 0.15) is 0 Å². The molecule has 0 aliphatic rings. The van der Waals surface area contributed by atoms with Crippen LogP contribution in [0.2, 0.25) is 0 Å². The van der Waals surface area contributed by atoms with Crippen LogP contribution in [0.4, 0.5) is 5.69 Å². The molecule has 1 amide bonds. The smallest absolute Gasteiger partial charge is 0.270 e. The number of amides is 1. The highest BCUT2D eigenvalue weighted by atomic mass is 16.5. The number of nitrogens with zero attached hydrogens (tertiary/aromatic N) is 1. The van der Waals surface area contributed by atoms with Gasteiger partial charge in [-0.1, -0.05) is 24.6 Å². The number of hydrogen-bond donors (Lipinski definition) is 2. The van der Waals surface area contributed by atoms with Gasteiger partial charge in [-0.05, 0) is 38.1 Å². The molecule has 0 aromatic heterocycles. The lowest BCUT2D eigenvalue weighted by atomic mass is 9.96. The van der Waals surface area contributed by atoms with E-state index in [1.807, 2.05) is 57.1 Å². The highest BCUT2D eigenvalue weighted by Gasteiger charge is 2.13. The topological polar surface area (TPSA) is 69.6 Å². The third-order valence-electron chi connectivity index (χ3n) is 3.50. The number of nitrogens with one attached hydrogen (secondary N) is 1. The summed E-state index contributed by atoms with van der Waals surface area (Å²) >= 11 is 0. The predicted octanol–water partition coefficient (Wildman–Crippen LogP) is 2.97. The van der Waals surface area contributed by atoms with Gasteiger partial charge in [-0.3, -0.25) is 14.8 Å². The molecule has 0 unspecified atom stereocenters. The zero-order chi connectivity index (χ0) is 17.6. The second-order valence-electron chi connectivity index (χ2n) is 5.77. The van der Waals surface area contributed by atoms with Gasteiger partial charge in [-0.15, -0.1) is 0 Å². The molecule has 0 saturated heterocycles. The van der Waals surface area contributed by atoms with Gasteiger partial charge in [0.15, 0.2) is 5.78 Å². The molecule has 5 nitrogen and oxygen atoms in total. The quantitative estimate of drug-likeness (QED) is 0.278. The molecule has 0 bridgehead atoms. The number of allylic oxidation sites excluding steroid dienone is 3. The Balaban J connectivity index is 2.87. The van der Waals surface area contributed by atoms with E-state index < -0.39 is 5.91 Å². The largest absolute Gasteiger partial charge is 0.378 e. The van der Waals surface area contributed by atoms with Crippen LogP contribution in [0.5, 0.6) is 0 Å². The van der Waals surface area contributed by atoms with E-state index >= 15 is 0 Å². The molecule has 0 aliphatic heterocycles. The van der Waals surface area contributed by atoms with Crippen molar-refractivity contribution in [2.24, 2.45) is 5.92 Å². The van der Waals surface area contributed by atoms with Gasteiger partial charge in [-0.25, -0.2) is 5.48 Å². The minimum Gasteiger partial charge on any atom is -0.378 e. The van der Waals surface area contributed by atoms with Crippen molar-refractivity contribution in [1.82, 2.24) is 5.48 Å². The Morgan fingerprint density at radius 3 is 2.22 bits per heavy atom. The number of rotatable bonds is 6. The molecule has 0 aliphatic carbocycles. The highest BCUT2D eigenvalue weighted by Crippen LogP contribution is 2.17. The van der Waals surface area contributed by atoms with Crippen molar-refractivity contribution < 1.29 is 14.8 Å². The number of hydroxylamine groups is 1. The summed E-state index contributed by atoms with van der Waals surface area (Å²) in [6.45, 7) is 5.23. The molecule has 1 aromatic carbocycles. The van der Waals surface area contributed by atoms with Crippen molar-refractivity contribution in [3.63, 3.8) is 0 Å². The van der Waals surface area contributed by atoms with Gasteiger partial charge in [0, 0.05) is 36.8 Å². The van der Waals surface area contributed by atoms with Crippen LogP contribution in [0.3, 0.4) is 0 Å². The first-order chi connectivity index (χ1) is 10.8. The molecule has 0 heterocycles. The van der Waals surface area contributed by atoms with Crippen molar-refractivity contribution in [2.45, 2.75) is 20.8 Å². The average molecular weight is 316 g/mol. The molecule has 124 valence electrons. The molecule has 1 aromatic rings. The van der Waals surface area contributed by atoms with Crippen LogP contribution in [0.25, 0.3) is 0 Å². The predicted molar refractivity (Wildman–Crippen MR) is 91.7 cm³/mol. The third-order valence-corrected chi connectivity index (χ3v) is 3.50. The molecule has 0 spiro atoms. The molecule has 0 radical (unpaired) electrons. The standard InChI is InChI=1S/C18H24N2O3/c1-12(11-14(3)18(22)19-23)10-13(2)17(21)15-6-8-16(9-7-15)20(4)5/h6-11,13,23H,1-5H3,(H,19,22)/b12-10+,14-11+/t13-/m1/s1. The Labute approximate surface area is 137 Å². The number of Topliss-reactive ketones (excluding diaryl/α,β-unsaturated/α-hetero) is 1. The van der Waals surface area contributed by atoms with Gasteiger partial charge in [-0.2, -0.15) is 0 Å². The van der Waals surface area contributed by atoms with Crippen LogP contribution >= 0.6 is 0 Å². The van der Waals surface area contributed by atoms with Crippen molar-refractivity contribution in [3.05, 3.63) is 53.1 Å². The molecule has 1 rings (SSSR count). The fraction of sp³-hybridized carbons (Fsp3) is 0.333. The summed E-state index contributed by atoms with van der Waals surface area (Å²) < 4.78 is 0. The first-order valence-corrected chi connectivity index (χ1v) is 7.39. The third kappa shape index (κ3) is 5.38. The lowest BCUT2D eigenvalue weighted by Gasteiger charge is -2.13. The summed E-state index contributed by atoms with van der Waals surface area (Å²) in [5, 5.41) is 8.58. The second kappa shape index (κ2) is 8.29. The highest BCUT2D eigenvalue weighted by molar-refractivity contribution is 5.99. The van der Waals surface area contributed by atoms with Crippen molar-refractivity contribution >= 4 is 17.4 Å². The maximum atomic E-state index is 12.4. The maximum Gasteiger partial charge on any atom is 0.270 e. The summed E-state index contributed by atoms with van der Waals surface area (Å²) in [6, 6.07) is 7.45. The van der Waals surface area contributed by atoms with E-state index in [2.05, 4.69) is 0 Å². The van der Waals surface area contributed by atoms with Gasteiger partial charge < -0.3 is 4.90 Å². The van der Waals surface area contributed by atoms with Gasteiger partial charge in [0.05, 0.1) is 0 Å². The number of anilines is 1. The summed E-state index contributed by atoms with van der Waals surface area (Å²) in [6.07, 6.45) is 3.43. The lowest BCUT2D eigenvalue weighted by Crippen LogP contribution is -2.19. The molecule has 23 heavy (non-hydrogen) atoms. The summed E-state index contributed by atoms with van der Waals surface area (Å²) in [7, 11) is 3.89. The number of ketones is 1. The SMILES string of the molecule is CC(=C\[C@@H](C)C(=O)c1ccc(N(C)C)cc1)/C=C(\C)C(=O)NO. The van der Waals surface area contributed by atoms with E-state index in [0.29, 0.717) is 11.1 Å². The fourth-order valence-electron chi connectivity index (χ4n) is 2.20. The Morgan fingerprint density at radius 1 is 1.17 bits per heavy atom. The number of hydrogen-bond acceptors (Lipinski definition) is 4. The minimum atomic E-state index is -0.559. The lowest BCUT2D eigenvalue weighted by molar-refractivity contribution is -0.125. The molecular weight excluding hydrogens is 292 g/mol.